The van der Waals surface area contributed by atoms with Crippen LogP contribution >= 0.6 is 34.4 Å². The summed E-state index contributed by atoms with van der Waals surface area (Å²) in [6.45, 7) is 1.83. The van der Waals surface area contributed by atoms with Gasteiger partial charge in [0.2, 0.25) is 0 Å². The topological polar surface area (TPSA) is 50.1 Å². The molecule has 0 unspecified atom stereocenters. The van der Waals surface area contributed by atoms with E-state index in [1.807, 2.05) is 6.07 Å². The lowest BCUT2D eigenvalue weighted by molar-refractivity contribution is -0.142. The Kier molecular flexibility index (Phi) is 6.13. The standard InChI is InChI=1S/C12H9F3INO2S/c1-2-19-10(18)5-7-3-8(6-17)11(16)9(4-7)20-12(13,14)15/h3-4H,2,5H2,1H3. The molecule has 20 heavy (non-hydrogen) atoms. The Bertz CT molecular complexity index is 555. The molecule has 1 aromatic carbocycles. The number of hydrogen-bond donors (Lipinski definition) is 0. The van der Waals surface area contributed by atoms with Crippen LogP contribution in [0, 0.1) is 14.9 Å². The van der Waals surface area contributed by atoms with E-state index in [9.17, 15) is 18.0 Å². The molecular formula is C12H9F3INO2S. The minimum Gasteiger partial charge on any atom is -0.466 e. The van der Waals surface area contributed by atoms with Gasteiger partial charge in [-0.15, -0.1) is 0 Å². The maximum Gasteiger partial charge on any atom is 0.446 e. The van der Waals surface area contributed by atoms with Crippen LogP contribution in [0.2, 0.25) is 0 Å². The fourth-order valence-electron chi connectivity index (χ4n) is 1.42. The number of nitriles is 1. The largest absolute Gasteiger partial charge is 0.466 e. The molecular weight excluding hydrogens is 406 g/mol. The molecule has 0 atom stereocenters. The van der Waals surface area contributed by atoms with E-state index in [2.05, 4.69) is 0 Å². The second-order valence-electron chi connectivity index (χ2n) is 3.60. The summed E-state index contributed by atoms with van der Waals surface area (Å²) in [5.41, 5.74) is -4.01. The van der Waals surface area contributed by atoms with Crippen molar-refractivity contribution >= 4 is 40.3 Å². The van der Waals surface area contributed by atoms with E-state index in [0.717, 1.165) is 0 Å². The van der Waals surface area contributed by atoms with Crippen LogP contribution in [-0.2, 0) is 16.0 Å². The van der Waals surface area contributed by atoms with Gasteiger partial charge in [-0.2, -0.15) is 18.4 Å². The first-order chi connectivity index (χ1) is 9.26. The maximum atomic E-state index is 12.5. The van der Waals surface area contributed by atoms with Gasteiger partial charge in [0.25, 0.3) is 0 Å². The Balaban J connectivity index is 3.12. The second-order valence-corrected chi connectivity index (χ2v) is 5.78. The molecule has 1 rings (SSSR count). The summed E-state index contributed by atoms with van der Waals surface area (Å²) in [4.78, 5) is 11.3. The molecule has 0 aromatic heterocycles. The van der Waals surface area contributed by atoms with Gasteiger partial charge in [-0.25, -0.2) is 0 Å². The van der Waals surface area contributed by atoms with Crippen LogP contribution in [0.5, 0.6) is 0 Å². The summed E-state index contributed by atoms with van der Waals surface area (Å²) in [5, 5.41) is 8.94. The molecule has 0 saturated heterocycles. The van der Waals surface area contributed by atoms with Crippen LogP contribution in [0.15, 0.2) is 17.0 Å². The summed E-state index contributed by atoms with van der Waals surface area (Å²) in [6, 6.07) is 4.49. The molecule has 0 spiro atoms. The lowest BCUT2D eigenvalue weighted by Gasteiger charge is -2.11. The van der Waals surface area contributed by atoms with Gasteiger partial charge >= 0.3 is 11.5 Å². The molecule has 8 heteroatoms. The summed E-state index contributed by atoms with van der Waals surface area (Å²) in [6.07, 6.45) is -0.162. The number of thioether (sulfide) groups is 1. The number of nitrogens with zero attached hydrogens (tertiary/aromatic N) is 1. The molecule has 0 saturated carbocycles. The van der Waals surface area contributed by atoms with E-state index in [1.165, 1.54) is 12.1 Å². The Labute approximate surface area is 131 Å². The molecule has 0 N–H and O–H groups in total. The average Bonchev–Trinajstić information content (AvgIpc) is 2.31. The number of esters is 1. The molecule has 108 valence electrons. The van der Waals surface area contributed by atoms with Crippen molar-refractivity contribution in [3.8, 4) is 6.07 Å². The van der Waals surface area contributed by atoms with Crippen LogP contribution in [-0.4, -0.2) is 18.1 Å². The van der Waals surface area contributed by atoms with Crippen molar-refractivity contribution in [2.45, 2.75) is 23.7 Å². The van der Waals surface area contributed by atoms with E-state index in [4.69, 9.17) is 10.00 Å². The minimum absolute atomic E-state index is 0.0866. The number of carbonyl (C=O) groups excluding carboxylic acids is 1. The fourth-order valence-corrected chi connectivity index (χ4v) is 2.84. The number of alkyl halides is 3. The summed E-state index contributed by atoms with van der Waals surface area (Å²) in [5.74, 6) is -0.541. The summed E-state index contributed by atoms with van der Waals surface area (Å²) < 4.78 is 42.3. The highest BCUT2D eigenvalue weighted by Gasteiger charge is 2.31. The highest BCUT2D eigenvalue weighted by Crippen LogP contribution is 2.40. The van der Waals surface area contributed by atoms with E-state index in [1.54, 1.807) is 29.5 Å². The molecule has 0 fully saturated rings. The first-order valence-corrected chi connectivity index (χ1v) is 7.30. The molecule has 0 aliphatic carbocycles. The third-order valence-electron chi connectivity index (χ3n) is 2.10. The van der Waals surface area contributed by atoms with Crippen LogP contribution in [0.3, 0.4) is 0 Å². The second kappa shape index (κ2) is 7.17. The molecule has 0 heterocycles. The van der Waals surface area contributed by atoms with Crippen molar-refractivity contribution in [2.24, 2.45) is 0 Å². The minimum atomic E-state index is -4.45. The van der Waals surface area contributed by atoms with Gasteiger partial charge in [0, 0.05) is 8.47 Å². The number of ether oxygens (including phenoxy) is 1. The van der Waals surface area contributed by atoms with Gasteiger partial charge < -0.3 is 4.74 Å². The summed E-state index contributed by atoms with van der Waals surface area (Å²) in [7, 11) is 0. The van der Waals surface area contributed by atoms with Gasteiger partial charge in [0.15, 0.2) is 0 Å². The Morgan fingerprint density at radius 1 is 1.50 bits per heavy atom. The zero-order valence-electron chi connectivity index (χ0n) is 10.3. The summed E-state index contributed by atoms with van der Waals surface area (Å²) >= 11 is 1.39. The Morgan fingerprint density at radius 2 is 2.15 bits per heavy atom. The number of hydrogen-bond acceptors (Lipinski definition) is 4. The number of halogens is 4. The van der Waals surface area contributed by atoms with Crippen molar-refractivity contribution in [3.05, 3.63) is 26.8 Å². The van der Waals surface area contributed by atoms with Crippen molar-refractivity contribution in [1.82, 2.24) is 0 Å². The highest BCUT2D eigenvalue weighted by atomic mass is 127. The van der Waals surface area contributed by atoms with Gasteiger partial charge in [0.1, 0.15) is 6.07 Å². The normalized spacial score (nSPS) is 11.0. The molecule has 0 bridgehead atoms. The zero-order valence-corrected chi connectivity index (χ0v) is 13.2. The predicted octanol–water partition coefficient (Wildman–Crippen LogP) is 3.88. The van der Waals surface area contributed by atoms with E-state index in [0.29, 0.717) is 5.56 Å². The molecule has 0 amide bonds. The third kappa shape index (κ3) is 5.20. The Morgan fingerprint density at radius 3 is 2.65 bits per heavy atom. The quantitative estimate of drug-likeness (QED) is 0.426. The van der Waals surface area contributed by atoms with Crippen LogP contribution in [0.4, 0.5) is 13.2 Å². The fraction of sp³-hybridized carbons (Fsp3) is 0.333. The van der Waals surface area contributed by atoms with E-state index >= 15 is 0 Å². The third-order valence-corrected chi connectivity index (χ3v) is 4.40. The zero-order chi connectivity index (χ0) is 15.3. The molecule has 0 radical (unpaired) electrons. The number of carbonyl (C=O) groups is 1. The monoisotopic (exact) mass is 415 g/mol. The van der Waals surface area contributed by atoms with Crippen LogP contribution < -0.4 is 0 Å². The van der Waals surface area contributed by atoms with E-state index in [-0.39, 0.29) is 38.8 Å². The smallest absolute Gasteiger partial charge is 0.446 e. The number of benzene rings is 1. The first kappa shape index (κ1) is 17.1. The predicted molar refractivity (Wildman–Crippen MR) is 76.1 cm³/mol. The molecule has 3 nitrogen and oxygen atoms in total. The SMILES string of the molecule is CCOC(=O)Cc1cc(C#N)c(I)c(SC(F)(F)F)c1. The lowest BCUT2D eigenvalue weighted by Crippen LogP contribution is -2.08. The van der Waals surface area contributed by atoms with Crippen molar-refractivity contribution < 1.29 is 22.7 Å². The highest BCUT2D eigenvalue weighted by molar-refractivity contribution is 14.1. The van der Waals surface area contributed by atoms with Gasteiger partial charge in [0.05, 0.1) is 18.6 Å². The van der Waals surface area contributed by atoms with Crippen molar-refractivity contribution in [1.29, 1.82) is 5.26 Å². The van der Waals surface area contributed by atoms with Crippen LogP contribution in [0.25, 0.3) is 0 Å². The van der Waals surface area contributed by atoms with Gasteiger partial charge in [-0.1, -0.05) is 0 Å². The first-order valence-electron chi connectivity index (χ1n) is 5.40. The van der Waals surface area contributed by atoms with E-state index < -0.39 is 11.5 Å². The lowest BCUT2D eigenvalue weighted by atomic mass is 10.1. The van der Waals surface area contributed by atoms with Crippen molar-refractivity contribution in [2.75, 3.05) is 6.61 Å². The Hall–Kier alpha value is -0.950. The molecule has 1 aromatic rings. The maximum absolute atomic E-state index is 12.5. The van der Waals surface area contributed by atoms with Crippen molar-refractivity contribution in [3.63, 3.8) is 0 Å². The molecule has 0 aliphatic heterocycles. The van der Waals surface area contributed by atoms with Gasteiger partial charge in [-0.05, 0) is 59.0 Å². The molecule has 0 aliphatic rings. The average molecular weight is 415 g/mol. The number of rotatable bonds is 4. The van der Waals surface area contributed by atoms with Gasteiger partial charge in [-0.3, -0.25) is 4.79 Å². The van der Waals surface area contributed by atoms with Crippen LogP contribution in [0.1, 0.15) is 18.1 Å².